The molecule has 0 radical (unpaired) electrons. The number of isocyanates is 1. The molecule has 3 heteroatoms. The van der Waals surface area contributed by atoms with E-state index < -0.39 is 0 Å². The highest BCUT2D eigenvalue weighted by Crippen LogP contribution is 2.28. The first-order valence-electron chi connectivity index (χ1n) is 6.11. The second-order valence-electron chi connectivity index (χ2n) is 4.69. The van der Waals surface area contributed by atoms with Crippen LogP contribution in [0, 0.1) is 0 Å². The summed E-state index contributed by atoms with van der Waals surface area (Å²) in [6.45, 7) is 0. The van der Waals surface area contributed by atoms with Gasteiger partial charge >= 0.3 is 0 Å². The van der Waals surface area contributed by atoms with Gasteiger partial charge in [-0.2, -0.15) is 0 Å². The van der Waals surface area contributed by atoms with E-state index in [1.165, 1.54) is 25.7 Å². The van der Waals surface area contributed by atoms with E-state index in [0.717, 1.165) is 25.7 Å². The fourth-order valence-electron chi connectivity index (χ4n) is 2.68. The van der Waals surface area contributed by atoms with Crippen LogP contribution in [0.2, 0.25) is 0 Å². The molecular formula is C12H19NO2. The van der Waals surface area contributed by atoms with Gasteiger partial charge in [-0.05, 0) is 38.5 Å². The molecule has 0 amide bonds. The Morgan fingerprint density at radius 3 is 2.13 bits per heavy atom. The van der Waals surface area contributed by atoms with Crippen molar-refractivity contribution in [2.45, 2.75) is 69.6 Å². The van der Waals surface area contributed by atoms with Crippen molar-refractivity contribution in [2.75, 3.05) is 0 Å². The molecule has 2 aliphatic carbocycles. The lowest BCUT2D eigenvalue weighted by Gasteiger charge is -2.28. The molecule has 0 unspecified atom stereocenters. The summed E-state index contributed by atoms with van der Waals surface area (Å²) in [5.41, 5.74) is 0. The minimum atomic E-state index is 0.214. The Balaban J connectivity index is 1.70. The number of rotatable bonds is 3. The Bertz CT molecular complexity index is 234. The van der Waals surface area contributed by atoms with Gasteiger partial charge in [0, 0.05) is 0 Å². The normalized spacial score (nSPS) is 32.5. The van der Waals surface area contributed by atoms with Crippen molar-refractivity contribution in [3.8, 4) is 0 Å². The molecule has 2 saturated carbocycles. The molecule has 3 nitrogen and oxygen atoms in total. The van der Waals surface area contributed by atoms with Gasteiger partial charge in [0.2, 0.25) is 6.08 Å². The Morgan fingerprint density at radius 1 is 0.933 bits per heavy atom. The Morgan fingerprint density at radius 2 is 1.53 bits per heavy atom. The van der Waals surface area contributed by atoms with Crippen LogP contribution in [0.5, 0.6) is 0 Å². The van der Waals surface area contributed by atoms with Crippen LogP contribution in [-0.4, -0.2) is 24.3 Å². The Labute approximate surface area is 90.9 Å². The summed E-state index contributed by atoms with van der Waals surface area (Å²) in [4.78, 5) is 13.9. The number of hydrogen-bond acceptors (Lipinski definition) is 3. The van der Waals surface area contributed by atoms with Gasteiger partial charge in [-0.15, -0.1) is 0 Å². The van der Waals surface area contributed by atoms with E-state index in [9.17, 15) is 4.79 Å². The van der Waals surface area contributed by atoms with Gasteiger partial charge in [0.05, 0.1) is 18.2 Å². The van der Waals surface area contributed by atoms with Crippen molar-refractivity contribution in [2.24, 2.45) is 4.99 Å². The molecule has 0 aromatic carbocycles. The largest absolute Gasteiger partial charge is 0.375 e. The van der Waals surface area contributed by atoms with Crippen LogP contribution in [-0.2, 0) is 9.53 Å². The maximum absolute atomic E-state index is 10.1. The molecule has 0 spiro atoms. The lowest BCUT2D eigenvalue weighted by molar-refractivity contribution is -0.0279. The molecule has 2 fully saturated rings. The number of hydrogen-bond donors (Lipinski definition) is 0. The number of ether oxygens (including phenoxy) is 1. The summed E-state index contributed by atoms with van der Waals surface area (Å²) in [5, 5.41) is 0. The Kier molecular flexibility index (Phi) is 3.93. The van der Waals surface area contributed by atoms with Gasteiger partial charge in [-0.25, -0.2) is 9.79 Å². The lowest BCUT2D eigenvalue weighted by Crippen LogP contribution is -2.26. The average Bonchev–Trinajstić information content (AvgIpc) is 2.74. The smallest absolute Gasteiger partial charge is 0.235 e. The first kappa shape index (κ1) is 10.8. The maximum atomic E-state index is 10.1. The topological polar surface area (TPSA) is 38.7 Å². The molecule has 0 heterocycles. The van der Waals surface area contributed by atoms with Crippen molar-refractivity contribution < 1.29 is 9.53 Å². The van der Waals surface area contributed by atoms with Gasteiger partial charge in [0.1, 0.15) is 0 Å². The zero-order chi connectivity index (χ0) is 10.5. The minimum Gasteiger partial charge on any atom is -0.375 e. The van der Waals surface area contributed by atoms with Gasteiger partial charge in [0.25, 0.3) is 0 Å². The average molecular weight is 209 g/mol. The van der Waals surface area contributed by atoms with Crippen LogP contribution in [0.1, 0.15) is 51.4 Å². The fraction of sp³-hybridized carbons (Fsp3) is 0.917. The second-order valence-corrected chi connectivity index (χ2v) is 4.69. The van der Waals surface area contributed by atoms with Gasteiger partial charge in [0.15, 0.2) is 0 Å². The maximum Gasteiger partial charge on any atom is 0.235 e. The summed E-state index contributed by atoms with van der Waals surface area (Å²) in [5.74, 6) is 0. The van der Waals surface area contributed by atoms with Crippen LogP contribution in [0.25, 0.3) is 0 Å². The van der Waals surface area contributed by atoms with Gasteiger partial charge < -0.3 is 4.74 Å². The third-order valence-electron chi connectivity index (χ3n) is 3.57. The van der Waals surface area contributed by atoms with E-state index >= 15 is 0 Å². The third-order valence-corrected chi connectivity index (χ3v) is 3.57. The molecule has 84 valence electrons. The lowest BCUT2D eigenvalue weighted by atomic mass is 9.93. The summed E-state index contributed by atoms with van der Waals surface area (Å²) >= 11 is 0. The molecule has 0 bridgehead atoms. The zero-order valence-corrected chi connectivity index (χ0v) is 9.15. The van der Waals surface area contributed by atoms with E-state index in [0.29, 0.717) is 12.2 Å². The molecule has 0 atom stereocenters. The summed E-state index contributed by atoms with van der Waals surface area (Å²) in [6, 6.07) is 0.214. The first-order chi connectivity index (χ1) is 7.38. The molecule has 0 aromatic rings. The van der Waals surface area contributed by atoms with Crippen molar-refractivity contribution in [1.29, 1.82) is 0 Å². The summed E-state index contributed by atoms with van der Waals surface area (Å²) < 4.78 is 6.04. The van der Waals surface area contributed by atoms with Crippen LogP contribution < -0.4 is 0 Å². The third kappa shape index (κ3) is 3.15. The number of carbonyl (C=O) groups excluding carboxylic acids is 1. The molecule has 0 aromatic heterocycles. The summed E-state index contributed by atoms with van der Waals surface area (Å²) in [7, 11) is 0. The standard InChI is InChI=1S/C12H19NO2/c14-9-13-10-5-7-12(8-6-10)15-11-3-1-2-4-11/h10-12H,1-8H2. The highest BCUT2D eigenvalue weighted by molar-refractivity contribution is 5.33. The van der Waals surface area contributed by atoms with E-state index in [4.69, 9.17) is 4.74 Å². The first-order valence-corrected chi connectivity index (χ1v) is 6.11. The predicted octanol–water partition coefficient (Wildman–Crippen LogP) is 2.59. The van der Waals surface area contributed by atoms with Crippen molar-refractivity contribution in [3.05, 3.63) is 0 Å². The molecule has 2 rings (SSSR count). The van der Waals surface area contributed by atoms with Gasteiger partial charge in [-0.3, -0.25) is 0 Å². The summed E-state index contributed by atoms with van der Waals surface area (Å²) in [6.07, 6.45) is 11.8. The second kappa shape index (κ2) is 5.43. The molecule has 0 saturated heterocycles. The van der Waals surface area contributed by atoms with E-state index in [-0.39, 0.29) is 6.04 Å². The predicted molar refractivity (Wildman–Crippen MR) is 57.5 cm³/mol. The molecule has 2 aliphatic rings. The minimum absolute atomic E-state index is 0.214. The highest BCUT2D eigenvalue weighted by Gasteiger charge is 2.25. The van der Waals surface area contributed by atoms with Crippen LogP contribution >= 0.6 is 0 Å². The van der Waals surface area contributed by atoms with E-state index in [1.54, 1.807) is 6.08 Å². The molecule has 0 aliphatic heterocycles. The highest BCUT2D eigenvalue weighted by atomic mass is 16.5. The van der Waals surface area contributed by atoms with Crippen LogP contribution in [0.3, 0.4) is 0 Å². The quantitative estimate of drug-likeness (QED) is 0.529. The fourth-order valence-corrected chi connectivity index (χ4v) is 2.68. The molecular weight excluding hydrogens is 190 g/mol. The SMILES string of the molecule is O=C=NC1CCC(OC2CCCC2)CC1. The Hall–Kier alpha value is -0.660. The monoisotopic (exact) mass is 209 g/mol. The zero-order valence-electron chi connectivity index (χ0n) is 9.15. The number of nitrogens with zero attached hydrogens (tertiary/aromatic N) is 1. The van der Waals surface area contributed by atoms with Crippen LogP contribution in [0.4, 0.5) is 0 Å². The van der Waals surface area contributed by atoms with Crippen molar-refractivity contribution >= 4 is 6.08 Å². The van der Waals surface area contributed by atoms with E-state index in [1.807, 2.05) is 0 Å². The van der Waals surface area contributed by atoms with Crippen molar-refractivity contribution in [1.82, 2.24) is 0 Å². The molecule has 15 heavy (non-hydrogen) atoms. The van der Waals surface area contributed by atoms with E-state index in [2.05, 4.69) is 4.99 Å². The van der Waals surface area contributed by atoms with Crippen molar-refractivity contribution in [3.63, 3.8) is 0 Å². The number of aliphatic imine (C=N–C) groups is 1. The van der Waals surface area contributed by atoms with Gasteiger partial charge in [-0.1, -0.05) is 12.8 Å². The molecule has 0 N–H and O–H groups in total. The van der Waals surface area contributed by atoms with Crippen LogP contribution in [0.15, 0.2) is 4.99 Å².